The summed E-state index contributed by atoms with van der Waals surface area (Å²) in [6, 6.07) is 18.3. The first-order valence-electron chi connectivity index (χ1n) is 9.10. The number of amides is 1. The van der Waals surface area contributed by atoms with Gasteiger partial charge in [0.25, 0.3) is 0 Å². The number of fused-ring (bicyclic) bond motifs is 1. The summed E-state index contributed by atoms with van der Waals surface area (Å²) in [6.45, 7) is 3.41. The van der Waals surface area contributed by atoms with Gasteiger partial charge >= 0.3 is 0 Å². The van der Waals surface area contributed by atoms with Crippen molar-refractivity contribution in [2.45, 2.75) is 30.3 Å². The van der Waals surface area contributed by atoms with Gasteiger partial charge in [-0.05, 0) is 24.5 Å². The van der Waals surface area contributed by atoms with Gasteiger partial charge in [0.05, 0.1) is 5.25 Å². The van der Waals surface area contributed by atoms with Crippen molar-refractivity contribution in [2.75, 3.05) is 6.54 Å². The molecular formula is C21H22N4OS. The molecule has 0 saturated carbocycles. The van der Waals surface area contributed by atoms with Crippen LogP contribution >= 0.6 is 11.8 Å². The Bertz CT molecular complexity index is 954. The lowest BCUT2D eigenvalue weighted by atomic mass is 10.00. The van der Waals surface area contributed by atoms with Crippen LogP contribution in [0.4, 0.5) is 0 Å². The average molecular weight is 379 g/mol. The van der Waals surface area contributed by atoms with E-state index in [1.807, 2.05) is 59.8 Å². The van der Waals surface area contributed by atoms with Crippen LogP contribution in [0.2, 0.25) is 0 Å². The van der Waals surface area contributed by atoms with E-state index in [1.165, 1.54) is 22.9 Å². The molecule has 0 saturated heterocycles. The minimum absolute atomic E-state index is 0.152. The minimum atomic E-state index is -0.207. The van der Waals surface area contributed by atoms with Crippen molar-refractivity contribution in [3.8, 4) is 11.4 Å². The van der Waals surface area contributed by atoms with Crippen LogP contribution in [0, 0.1) is 0 Å². The fraction of sp³-hybridized carbons (Fsp3) is 0.286. The Kier molecular flexibility index (Phi) is 4.99. The molecule has 0 spiro atoms. The third kappa shape index (κ3) is 3.62. The molecule has 1 aliphatic heterocycles. The van der Waals surface area contributed by atoms with Gasteiger partial charge in [-0.15, -0.1) is 10.2 Å². The van der Waals surface area contributed by atoms with Gasteiger partial charge in [0.1, 0.15) is 0 Å². The van der Waals surface area contributed by atoms with E-state index in [9.17, 15) is 4.79 Å². The quantitative estimate of drug-likeness (QED) is 0.652. The highest BCUT2D eigenvalue weighted by atomic mass is 32.2. The van der Waals surface area contributed by atoms with Gasteiger partial charge in [-0.2, -0.15) is 0 Å². The molecule has 27 heavy (non-hydrogen) atoms. The van der Waals surface area contributed by atoms with Crippen LogP contribution in [-0.4, -0.2) is 37.4 Å². The van der Waals surface area contributed by atoms with E-state index in [-0.39, 0.29) is 11.2 Å². The monoisotopic (exact) mass is 378 g/mol. The number of thioether (sulfide) groups is 1. The van der Waals surface area contributed by atoms with E-state index in [0.717, 1.165) is 29.5 Å². The summed E-state index contributed by atoms with van der Waals surface area (Å²) < 4.78 is 1.95. The molecule has 1 aliphatic rings. The summed E-state index contributed by atoms with van der Waals surface area (Å²) in [6.07, 6.45) is 0.918. The van der Waals surface area contributed by atoms with Gasteiger partial charge in [0.15, 0.2) is 11.0 Å². The highest BCUT2D eigenvalue weighted by Gasteiger charge is 2.26. The zero-order valence-electron chi connectivity index (χ0n) is 15.5. The highest BCUT2D eigenvalue weighted by Crippen LogP contribution is 2.28. The molecule has 0 bridgehead atoms. The van der Waals surface area contributed by atoms with E-state index in [0.29, 0.717) is 6.54 Å². The summed E-state index contributed by atoms with van der Waals surface area (Å²) >= 11 is 1.47. The number of hydrogen-bond donors (Lipinski definition) is 0. The van der Waals surface area contributed by atoms with Crippen molar-refractivity contribution in [1.29, 1.82) is 0 Å². The van der Waals surface area contributed by atoms with E-state index in [2.05, 4.69) is 28.4 Å². The Labute approximate surface area is 163 Å². The first-order chi connectivity index (χ1) is 13.1. The highest BCUT2D eigenvalue weighted by molar-refractivity contribution is 8.00. The Morgan fingerprint density at radius 3 is 2.52 bits per heavy atom. The lowest BCUT2D eigenvalue weighted by Crippen LogP contribution is -2.40. The molecule has 1 aromatic heterocycles. The van der Waals surface area contributed by atoms with Crippen LogP contribution in [-0.2, 0) is 24.8 Å². The molecule has 1 atom stereocenters. The maximum Gasteiger partial charge on any atom is 0.236 e. The zero-order valence-corrected chi connectivity index (χ0v) is 16.3. The number of hydrogen-bond acceptors (Lipinski definition) is 4. The lowest BCUT2D eigenvalue weighted by molar-refractivity contribution is -0.131. The van der Waals surface area contributed by atoms with Crippen molar-refractivity contribution in [3.05, 3.63) is 65.7 Å². The Balaban J connectivity index is 1.46. The van der Waals surface area contributed by atoms with Crippen LogP contribution in [0.3, 0.4) is 0 Å². The van der Waals surface area contributed by atoms with Gasteiger partial charge in [0, 0.05) is 25.7 Å². The number of aromatic nitrogens is 3. The predicted molar refractivity (Wildman–Crippen MR) is 107 cm³/mol. The summed E-state index contributed by atoms with van der Waals surface area (Å²) in [7, 11) is 1.94. The second kappa shape index (κ2) is 7.56. The molecule has 1 unspecified atom stereocenters. The first kappa shape index (κ1) is 17.8. The fourth-order valence-corrected chi connectivity index (χ4v) is 4.30. The SMILES string of the molecule is CC(Sc1nnc(-c2ccccc2)n1C)C(=O)N1CCc2ccccc2C1. The normalized spacial score (nSPS) is 14.7. The smallest absolute Gasteiger partial charge is 0.236 e. The summed E-state index contributed by atoms with van der Waals surface area (Å²) in [5.41, 5.74) is 3.62. The summed E-state index contributed by atoms with van der Waals surface area (Å²) in [4.78, 5) is 14.9. The van der Waals surface area contributed by atoms with Crippen molar-refractivity contribution < 1.29 is 4.79 Å². The molecule has 6 heteroatoms. The molecule has 0 fully saturated rings. The molecule has 0 radical (unpaired) electrons. The van der Waals surface area contributed by atoms with Crippen LogP contribution in [0.25, 0.3) is 11.4 Å². The molecule has 0 aliphatic carbocycles. The molecule has 4 rings (SSSR count). The van der Waals surface area contributed by atoms with Crippen LogP contribution < -0.4 is 0 Å². The summed E-state index contributed by atoms with van der Waals surface area (Å²) in [5, 5.41) is 9.16. The number of benzene rings is 2. The van der Waals surface area contributed by atoms with E-state index in [4.69, 9.17) is 0 Å². The average Bonchev–Trinajstić information content (AvgIpc) is 3.08. The van der Waals surface area contributed by atoms with Gasteiger partial charge in [-0.25, -0.2) is 0 Å². The van der Waals surface area contributed by atoms with Crippen LogP contribution in [0.15, 0.2) is 59.8 Å². The molecule has 2 heterocycles. The summed E-state index contributed by atoms with van der Waals surface area (Å²) in [5.74, 6) is 0.961. The van der Waals surface area contributed by atoms with E-state index >= 15 is 0 Å². The molecule has 1 amide bonds. The third-order valence-electron chi connectivity index (χ3n) is 4.94. The molecular weight excluding hydrogens is 356 g/mol. The van der Waals surface area contributed by atoms with Crippen molar-refractivity contribution >= 4 is 17.7 Å². The number of rotatable bonds is 4. The predicted octanol–water partition coefficient (Wildman–Crippen LogP) is 3.55. The lowest BCUT2D eigenvalue weighted by Gasteiger charge is -2.30. The fourth-order valence-electron chi connectivity index (χ4n) is 3.41. The first-order valence-corrected chi connectivity index (χ1v) is 9.98. The van der Waals surface area contributed by atoms with Crippen molar-refractivity contribution in [2.24, 2.45) is 7.05 Å². The Hall–Kier alpha value is -2.60. The van der Waals surface area contributed by atoms with Crippen molar-refractivity contribution in [1.82, 2.24) is 19.7 Å². The van der Waals surface area contributed by atoms with E-state index in [1.54, 1.807) is 0 Å². The number of carbonyl (C=O) groups is 1. The molecule has 5 nitrogen and oxygen atoms in total. The Morgan fingerprint density at radius 2 is 1.74 bits per heavy atom. The van der Waals surface area contributed by atoms with Gasteiger partial charge in [0.2, 0.25) is 5.91 Å². The minimum Gasteiger partial charge on any atom is -0.337 e. The number of carbonyl (C=O) groups excluding carboxylic acids is 1. The van der Waals surface area contributed by atoms with Gasteiger partial charge < -0.3 is 9.47 Å². The van der Waals surface area contributed by atoms with Crippen LogP contribution in [0.5, 0.6) is 0 Å². The molecule has 3 aromatic rings. The van der Waals surface area contributed by atoms with Crippen molar-refractivity contribution in [3.63, 3.8) is 0 Å². The molecule has 138 valence electrons. The largest absolute Gasteiger partial charge is 0.337 e. The standard InChI is InChI=1S/C21H22N4OS/c1-15(20(26)25-13-12-16-8-6-7-11-18(16)14-25)27-21-23-22-19(24(21)2)17-9-4-3-5-10-17/h3-11,15H,12-14H2,1-2H3. The molecule has 2 aromatic carbocycles. The third-order valence-corrected chi connectivity index (χ3v) is 6.06. The maximum atomic E-state index is 12.9. The van der Waals surface area contributed by atoms with Gasteiger partial charge in [-0.1, -0.05) is 66.4 Å². The van der Waals surface area contributed by atoms with E-state index < -0.39 is 0 Å². The van der Waals surface area contributed by atoms with Gasteiger partial charge in [-0.3, -0.25) is 4.79 Å². The second-order valence-corrected chi connectivity index (χ2v) is 8.08. The van der Waals surface area contributed by atoms with Crippen LogP contribution in [0.1, 0.15) is 18.1 Å². The second-order valence-electron chi connectivity index (χ2n) is 6.77. The number of nitrogens with zero attached hydrogens (tertiary/aromatic N) is 4. The Morgan fingerprint density at radius 1 is 1.04 bits per heavy atom. The maximum absolute atomic E-state index is 12.9. The molecule has 0 N–H and O–H groups in total. The topological polar surface area (TPSA) is 51.0 Å². The zero-order chi connectivity index (χ0) is 18.8.